The molecule has 5 nitrogen and oxygen atoms in total. The first-order chi connectivity index (χ1) is 12.2. The molecule has 2 unspecified atom stereocenters. The van der Waals surface area contributed by atoms with Crippen molar-refractivity contribution in [3.8, 4) is 0 Å². The van der Waals surface area contributed by atoms with Crippen LogP contribution in [0.25, 0.3) is 0 Å². The minimum absolute atomic E-state index is 0.127. The van der Waals surface area contributed by atoms with Crippen molar-refractivity contribution < 1.29 is 4.79 Å². The standard InChI is InChI=1S/C20H24N4O/c1-3-15-6-8-16(9-7-15)13-21-24-20(25)19-12-18(22-23-19)17-10-4-14(2)5-11-17/h4-11,13,18-19,22-23H,3,12H2,1-2H3,(H,24,25)/b21-13+. The van der Waals surface area contributed by atoms with Gasteiger partial charge in [-0.3, -0.25) is 4.79 Å². The van der Waals surface area contributed by atoms with Crippen LogP contribution in [0.5, 0.6) is 0 Å². The van der Waals surface area contributed by atoms with Crippen molar-refractivity contribution >= 4 is 12.1 Å². The number of carbonyl (C=O) groups is 1. The summed E-state index contributed by atoms with van der Waals surface area (Å²) >= 11 is 0. The number of rotatable bonds is 5. The highest BCUT2D eigenvalue weighted by molar-refractivity contribution is 5.85. The lowest BCUT2D eigenvalue weighted by Crippen LogP contribution is -2.41. The Morgan fingerprint density at radius 3 is 2.56 bits per heavy atom. The van der Waals surface area contributed by atoms with Crippen molar-refractivity contribution in [2.75, 3.05) is 0 Å². The summed E-state index contributed by atoms with van der Waals surface area (Å²) in [6.45, 7) is 4.18. The predicted octanol–water partition coefficient (Wildman–Crippen LogP) is 2.62. The summed E-state index contributed by atoms with van der Waals surface area (Å²) in [4.78, 5) is 12.2. The van der Waals surface area contributed by atoms with Gasteiger partial charge in [-0.05, 0) is 36.5 Å². The zero-order valence-corrected chi connectivity index (χ0v) is 14.6. The third-order valence-corrected chi connectivity index (χ3v) is 4.48. The molecule has 1 aliphatic rings. The normalized spacial score (nSPS) is 20.1. The second-order valence-corrected chi connectivity index (χ2v) is 6.37. The number of amides is 1. The summed E-state index contributed by atoms with van der Waals surface area (Å²) in [6, 6.07) is 16.3. The van der Waals surface area contributed by atoms with Gasteiger partial charge in [-0.15, -0.1) is 0 Å². The molecule has 1 amide bonds. The minimum Gasteiger partial charge on any atom is -0.271 e. The molecule has 0 aromatic heterocycles. The van der Waals surface area contributed by atoms with E-state index >= 15 is 0 Å². The van der Waals surface area contributed by atoms with Gasteiger partial charge in [0, 0.05) is 6.04 Å². The minimum atomic E-state index is -0.300. The topological polar surface area (TPSA) is 65.5 Å². The second kappa shape index (κ2) is 8.05. The van der Waals surface area contributed by atoms with Crippen LogP contribution in [0.15, 0.2) is 53.6 Å². The molecule has 1 heterocycles. The van der Waals surface area contributed by atoms with E-state index < -0.39 is 0 Å². The van der Waals surface area contributed by atoms with Gasteiger partial charge >= 0.3 is 0 Å². The molecular weight excluding hydrogens is 312 g/mol. The molecule has 3 rings (SSSR count). The molecule has 0 spiro atoms. The summed E-state index contributed by atoms with van der Waals surface area (Å²) in [7, 11) is 0. The lowest BCUT2D eigenvalue weighted by molar-refractivity contribution is -0.122. The monoisotopic (exact) mass is 336 g/mol. The van der Waals surface area contributed by atoms with Crippen LogP contribution in [0.1, 0.15) is 41.6 Å². The maximum atomic E-state index is 12.2. The summed E-state index contributed by atoms with van der Waals surface area (Å²) in [6.07, 6.45) is 3.36. The molecule has 0 bridgehead atoms. The first-order valence-electron chi connectivity index (χ1n) is 8.65. The Morgan fingerprint density at radius 2 is 1.88 bits per heavy atom. The Kier molecular flexibility index (Phi) is 5.58. The van der Waals surface area contributed by atoms with Crippen molar-refractivity contribution in [1.29, 1.82) is 0 Å². The molecule has 2 atom stereocenters. The predicted molar refractivity (Wildman–Crippen MR) is 100 cm³/mol. The van der Waals surface area contributed by atoms with Crippen molar-refractivity contribution in [3.63, 3.8) is 0 Å². The zero-order valence-electron chi connectivity index (χ0n) is 14.6. The van der Waals surface area contributed by atoms with E-state index in [9.17, 15) is 4.79 Å². The molecule has 5 heteroatoms. The van der Waals surface area contributed by atoms with Crippen LogP contribution >= 0.6 is 0 Å². The molecule has 25 heavy (non-hydrogen) atoms. The number of hydrazine groups is 1. The molecule has 2 aromatic carbocycles. The molecule has 3 N–H and O–H groups in total. The lowest BCUT2D eigenvalue weighted by atomic mass is 10.0. The van der Waals surface area contributed by atoms with Crippen LogP contribution < -0.4 is 16.3 Å². The van der Waals surface area contributed by atoms with Gasteiger partial charge in [-0.2, -0.15) is 5.10 Å². The highest BCUT2D eigenvalue weighted by Gasteiger charge is 2.29. The fourth-order valence-corrected chi connectivity index (χ4v) is 2.83. The van der Waals surface area contributed by atoms with Gasteiger partial charge in [0.1, 0.15) is 6.04 Å². The molecule has 0 aliphatic carbocycles. The van der Waals surface area contributed by atoms with Crippen molar-refractivity contribution in [1.82, 2.24) is 16.3 Å². The molecule has 0 radical (unpaired) electrons. The van der Waals surface area contributed by atoms with Gasteiger partial charge < -0.3 is 0 Å². The number of nitrogens with zero attached hydrogens (tertiary/aromatic N) is 1. The Morgan fingerprint density at radius 1 is 1.16 bits per heavy atom. The van der Waals surface area contributed by atoms with E-state index in [-0.39, 0.29) is 18.0 Å². The average molecular weight is 336 g/mol. The van der Waals surface area contributed by atoms with Crippen LogP contribution in [-0.4, -0.2) is 18.2 Å². The molecule has 0 saturated carbocycles. The van der Waals surface area contributed by atoms with Gasteiger partial charge in [0.2, 0.25) is 0 Å². The first-order valence-corrected chi connectivity index (χ1v) is 8.65. The number of nitrogens with one attached hydrogen (secondary N) is 3. The van der Waals surface area contributed by atoms with Crippen LogP contribution in [0, 0.1) is 6.92 Å². The van der Waals surface area contributed by atoms with Crippen molar-refractivity contribution in [2.24, 2.45) is 5.10 Å². The van der Waals surface area contributed by atoms with Crippen molar-refractivity contribution in [2.45, 2.75) is 38.8 Å². The lowest BCUT2D eigenvalue weighted by Gasteiger charge is -2.09. The van der Waals surface area contributed by atoms with E-state index in [1.807, 2.05) is 12.1 Å². The van der Waals surface area contributed by atoms with Crippen molar-refractivity contribution in [3.05, 3.63) is 70.8 Å². The van der Waals surface area contributed by atoms with Crippen LogP contribution in [0.4, 0.5) is 0 Å². The smallest absolute Gasteiger partial charge is 0.258 e. The molecule has 1 aliphatic heterocycles. The molecular formula is C20H24N4O. The number of carbonyl (C=O) groups excluding carboxylic acids is 1. The third-order valence-electron chi connectivity index (χ3n) is 4.48. The van der Waals surface area contributed by atoms with Gasteiger partial charge in [0.15, 0.2) is 0 Å². The van der Waals surface area contributed by atoms with Crippen LogP contribution in [0.2, 0.25) is 0 Å². The quantitative estimate of drug-likeness (QED) is 0.581. The molecule has 130 valence electrons. The van der Waals surface area contributed by atoms with Gasteiger partial charge in [-0.25, -0.2) is 16.3 Å². The first kappa shape index (κ1) is 17.3. The highest BCUT2D eigenvalue weighted by atomic mass is 16.2. The number of aryl methyl sites for hydroxylation is 2. The third kappa shape index (κ3) is 4.53. The summed E-state index contributed by atoms with van der Waals surface area (Å²) in [5.41, 5.74) is 13.5. The summed E-state index contributed by atoms with van der Waals surface area (Å²) < 4.78 is 0. The van der Waals surface area contributed by atoms with E-state index in [0.29, 0.717) is 6.42 Å². The SMILES string of the molecule is CCc1ccc(/C=N/NC(=O)C2CC(c3ccc(C)cc3)NN2)cc1. The largest absolute Gasteiger partial charge is 0.271 e. The number of hydrogen-bond donors (Lipinski definition) is 3. The van der Waals surface area contributed by atoms with Crippen LogP contribution in [-0.2, 0) is 11.2 Å². The maximum Gasteiger partial charge on any atom is 0.258 e. The van der Waals surface area contributed by atoms with Gasteiger partial charge in [0.25, 0.3) is 5.91 Å². The zero-order chi connectivity index (χ0) is 17.6. The van der Waals surface area contributed by atoms with E-state index in [0.717, 1.165) is 12.0 Å². The fourth-order valence-electron chi connectivity index (χ4n) is 2.83. The fraction of sp³-hybridized carbons (Fsp3) is 0.300. The van der Waals surface area contributed by atoms with E-state index in [2.05, 4.69) is 71.6 Å². The van der Waals surface area contributed by atoms with E-state index in [4.69, 9.17) is 0 Å². The Bertz CT molecular complexity index is 737. The highest BCUT2D eigenvalue weighted by Crippen LogP contribution is 2.22. The molecule has 1 fully saturated rings. The molecule has 2 aromatic rings. The molecule has 1 saturated heterocycles. The number of hydrazone groups is 1. The summed E-state index contributed by atoms with van der Waals surface area (Å²) in [5.74, 6) is -0.136. The van der Waals surface area contributed by atoms with E-state index in [1.54, 1.807) is 6.21 Å². The Hall–Kier alpha value is -2.50. The maximum absolute atomic E-state index is 12.2. The summed E-state index contributed by atoms with van der Waals surface area (Å²) in [5, 5.41) is 4.06. The average Bonchev–Trinajstić information content (AvgIpc) is 3.13. The second-order valence-electron chi connectivity index (χ2n) is 6.37. The Labute approximate surface area is 148 Å². The van der Waals surface area contributed by atoms with Gasteiger partial charge in [0.05, 0.1) is 6.21 Å². The Balaban J connectivity index is 1.51. The number of benzene rings is 2. The van der Waals surface area contributed by atoms with E-state index in [1.165, 1.54) is 16.7 Å². The number of hydrogen-bond acceptors (Lipinski definition) is 4. The van der Waals surface area contributed by atoms with Crippen LogP contribution in [0.3, 0.4) is 0 Å². The van der Waals surface area contributed by atoms with Gasteiger partial charge in [-0.1, -0.05) is 61.0 Å².